The molecule has 1 aromatic carbocycles. The van der Waals surface area contributed by atoms with Crippen molar-refractivity contribution in [2.75, 3.05) is 0 Å². The first-order chi connectivity index (χ1) is 12.2. The lowest BCUT2D eigenvalue weighted by molar-refractivity contribution is -0.119. The molecule has 3 aromatic rings. The van der Waals surface area contributed by atoms with Gasteiger partial charge in [0.1, 0.15) is 0 Å². The molecule has 0 aliphatic heterocycles. The normalized spacial score (nSPS) is 17.0. The number of pyridine rings is 1. The van der Waals surface area contributed by atoms with Gasteiger partial charge in [-0.1, -0.05) is 50.3 Å². The van der Waals surface area contributed by atoms with Crippen molar-refractivity contribution in [1.29, 1.82) is 0 Å². The number of nitrogens with one attached hydrogen (secondary N) is 2. The van der Waals surface area contributed by atoms with Gasteiger partial charge in [0.05, 0.1) is 17.3 Å². The number of amides is 1. The van der Waals surface area contributed by atoms with Gasteiger partial charge in [-0.2, -0.15) is 0 Å². The fourth-order valence-electron chi connectivity index (χ4n) is 4.30. The van der Waals surface area contributed by atoms with Gasteiger partial charge in [0.25, 0.3) is 0 Å². The lowest BCUT2D eigenvalue weighted by atomic mass is 9.84. The van der Waals surface area contributed by atoms with E-state index in [1.807, 2.05) is 12.3 Å². The van der Waals surface area contributed by atoms with Crippen molar-refractivity contribution >= 4 is 27.7 Å². The summed E-state index contributed by atoms with van der Waals surface area (Å²) in [7, 11) is 0. The van der Waals surface area contributed by atoms with Gasteiger partial charge in [-0.3, -0.25) is 9.78 Å². The van der Waals surface area contributed by atoms with Crippen molar-refractivity contribution in [3.05, 3.63) is 42.2 Å². The van der Waals surface area contributed by atoms with Crippen LogP contribution in [0.1, 0.15) is 57.2 Å². The highest BCUT2D eigenvalue weighted by Gasteiger charge is 2.24. The molecular weight excluding hydrogens is 310 g/mol. The number of benzene rings is 1. The average Bonchev–Trinajstić information content (AvgIpc) is 3.00. The summed E-state index contributed by atoms with van der Waals surface area (Å²) in [5, 5.41) is 5.55. The molecule has 4 rings (SSSR count). The molecule has 4 heteroatoms. The maximum Gasteiger partial charge on any atom is 0.217 e. The van der Waals surface area contributed by atoms with Crippen LogP contribution >= 0.6 is 0 Å². The van der Waals surface area contributed by atoms with E-state index in [4.69, 9.17) is 0 Å². The molecule has 2 aromatic heterocycles. The average molecular weight is 335 g/mol. The molecular formula is C21H25N3O. The van der Waals surface area contributed by atoms with Gasteiger partial charge in [0.15, 0.2) is 0 Å². The largest absolute Gasteiger partial charge is 0.353 e. The highest BCUT2D eigenvalue weighted by molar-refractivity contribution is 6.07. The Morgan fingerprint density at radius 3 is 2.80 bits per heavy atom. The molecule has 0 bridgehead atoms. The van der Waals surface area contributed by atoms with E-state index in [-0.39, 0.29) is 11.9 Å². The number of carbonyl (C=O) groups excluding carboxylic acids is 1. The summed E-state index contributed by atoms with van der Waals surface area (Å²) in [6.07, 6.45) is 9.33. The lowest BCUT2D eigenvalue weighted by Crippen LogP contribution is -2.29. The fourth-order valence-corrected chi connectivity index (χ4v) is 4.30. The van der Waals surface area contributed by atoms with E-state index in [1.54, 1.807) is 6.92 Å². The molecule has 1 saturated carbocycles. The zero-order valence-corrected chi connectivity index (χ0v) is 14.7. The van der Waals surface area contributed by atoms with Gasteiger partial charge in [-0.15, -0.1) is 0 Å². The third-order valence-electron chi connectivity index (χ3n) is 5.46. The minimum atomic E-state index is -0.0302. The highest BCUT2D eigenvalue weighted by atomic mass is 16.1. The predicted molar refractivity (Wildman–Crippen MR) is 101 cm³/mol. The van der Waals surface area contributed by atoms with E-state index < -0.39 is 0 Å². The Morgan fingerprint density at radius 2 is 2.00 bits per heavy atom. The number of H-pyrrole nitrogens is 1. The smallest absolute Gasteiger partial charge is 0.217 e. The van der Waals surface area contributed by atoms with Gasteiger partial charge in [0.2, 0.25) is 5.91 Å². The Kier molecular flexibility index (Phi) is 4.43. The Labute approximate surface area is 148 Å². The zero-order chi connectivity index (χ0) is 17.2. The number of hydrogen-bond acceptors (Lipinski definition) is 2. The third-order valence-corrected chi connectivity index (χ3v) is 5.46. The molecule has 1 aliphatic rings. The third kappa shape index (κ3) is 3.26. The van der Waals surface area contributed by atoms with Crippen molar-refractivity contribution in [3.63, 3.8) is 0 Å². The van der Waals surface area contributed by atoms with E-state index in [9.17, 15) is 4.79 Å². The Bertz CT molecular complexity index is 892. The lowest BCUT2D eigenvalue weighted by Gasteiger charge is -2.27. The molecule has 1 atom stereocenters. The van der Waals surface area contributed by atoms with Crippen LogP contribution in [0.5, 0.6) is 0 Å². The molecule has 0 saturated heterocycles. The standard InChI is InChI=1S/C21H25N3O/c1-14(25)23-19(13-15-7-3-2-4-8-15)21-20-17(11-12-22-21)16-9-5-6-10-18(16)24-20/h5-6,9-12,15,19,24H,2-4,7-8,13H2,1H3,(H,23,25)/t19-/m1/s1. The summed E-state index contributed by atoms with van der Waals surface area (Å²) in [6.45, 7) is 1.60. The SMILES string of the molecule is CC(=O)N[C@H](CC1CCCCC1)c1nccc2c1[nH]c1ccccc12. The second-order valence-electron chi connectivity index (χ2n) is 7.28. The minimum Gasteiger partial charge on any atom is -0.353 e. The van der Waals surface area contributed by atoms with Crippen LogP contribution in [0.3, 0.4) is 0 Å². The summed E-state index contributed by atoms with van der Waals surface area (Å²) >= 11 is 0. The Morgan fingerprint density at radius 1 is 1.20 bits per heavy atom. The Balaban J connectivity index is 1.76. The summed E-state index contributed by atoms with van der Waals surface area (Å²) in [4.78, 5) is 20.0. The number of carbonyl (C=O) groups is 1. The monoisotopic (exact) mass is 335 g/mol. The van der Waals surface area contributed by atoms with Crippen LogP contribution in [0.25, 0.3) is 21.8 Å². The molecule has 0 radical (unpaired) electrons. The molecule has 1 fully saturated rings. The molecule has 1 aliphatic carbocycles. The van der Waals surface area contributed by atoms with Gasteiger partial charge < -0.3 is 10.3 Å². The molecule has 2 N–H and O–H groups in total. The maximum absolute atomic E-state index is 11.8. The number of fused-ring (bicyclic) bond motifs is 3. The zero-order valence-electron chi connectivity index (χ0n) is 14.7. The van der Waals surface area contributed by atoms with Crippen LogP contribution < -0.4 is 5.32 Å². The van der Waals surface area contributed by atoms with Gasteiger partial charge in [-0.05, 0) is 24.5 Å². The van der Waals surface area contributed by atoms with Gasteiger partial charge in [-0.25, -0.2) is 0 Å². The van der Waals surface area contributed by atoms with E-state index in [2.05, 4.69) is 39.6 Å². The van der Waals surface area contributed by atoms with Crippen LogP contribution in [0.2, 0.25) is 0 Å². The van der Waals surface area contributed by atoms with Gasteiger partial charge >= 0.3 is 0 Å². The van der Waals surface area contributed by atoms with Crippen LogP contribution in [-0.2, 0) is 4.79 Å². The van der Waals surface area contributed by atoms with Crippen LogP contribution in [0, 0.1) is 5.92 Å². The second kappa shape index (κ2) is 6.87. The van der Waals surface area contributed by atoms with Crippen molar-refractivity contribution < 1.29 is 4.79 Å². The summed E-state index contributed by atoms with van der Waals surface area (Å²) in [6, 6.07) is 10.3. The quantitative estimate of drug-likeness (QED) is 0.715. The molecule has 130 valence electrons. The van der Waals surface area contributed by atoms with Crippen LogP contribution in [0.15, 0.2) is 36.5 Å². The van der Waals surface area contributed by atoms with E-state index in [0.717, 1.165) is 23.1 Å². The molecule has 0 unspecified atom stereocenters. The highest BCUT2D eigenvalue weighted by Crippen LogP contribution is 2.35. The number of hydrogen-bond donors (Lipinski definition) is 2. The number of para-hydroxylation sites is 1. The van der Waals surface area contributed by atoms with Gasteiger partial charge in [0, 0.05) is 29.4 Å². The molecule has 0 spiro atoms. The first-order valence-electron chi connectivity index (χ1n) is 9.35. The number of aromatic amines is 1. The number of nitrogens with zero attached hydrogens (tertiary/aromatic N) is 1. The number of rotatable bonds is 4. The Hall–Kier alpha value is -2.36. The van der Waals surface area contributed by atoms with Crippen molar-refractivity contribution in [1.82, 2.24) is 15.3 Å². The fraction of sp³-hybridized carbons (Fsp3) is 0.429. The molecule has 1 amide bonds. The van der Waals surface area contributed by atoms with Crippen molar-refractivity contribution in [2.45, 2.75) is 51.5 Å². The summed E-state index contributed by atoms with van der Waals surface area (Å²) < 4.78 is 0. The molecule has 4 nitrogen and oxygen atoms in total. The van der Waals surface area contributed by atoms with E-state index in [0.29, 0.717) is 5.92 Å². The second-order valence-corrected chi connectivity index (χ2v) is 7.28. The first-order valence-corrected chi connectivity index (χ1v) is 9.35. The number of aromatic nitrogens is 2. The minimum absolute atomic E-state index is 0.00993. The van der Waals surface area contributed by atoms with Crippen LogP contribution in [0.4, 0.5) is 0 Å². The van der Waals surface area contributed by atoms with E-state index in [1.165, 1.54) is 42.9 Å². The molecule has 2 heterocycles. The van der Waals surface area contributed by atoms with Crippen molar-refractivity contribution in [2.24, 2.45) is 5.92 Å². The molecule has 25 heavy (non-hydrogen) atoms. The van der Waals surface area contributed by atoms with Crippen LogP contribution in [-0.4, -0.2) is 15.9 Å². The van der Waals surface area contributed by atoms with E-state index >= 15 is 0 Å². The first kappa shape index (κ1) is 16.1. The maximum atomic E-state index is 11.8. The summed E-state index contributed by atoms with van der Waals surface area (Å²) in [5.74, 6) is 0.683. The topological polar surface area (TPSA) is 57.8 Å². The van der Waals surface area contributed by atoms with Crippen molar-refractivity contribution in [3.8, 4) is 0 Å². The predicted octanol–water partition coefficient (Wildman–Crippen LogP) is 4.86. The summed E-state index contributed by atoms with van der Waals surface area (Å²) in [5.41, 5.74) is 3.14.